The van der Waals surface area contributed by atoms with Gasteiger partial charge < -0.3 is 9.32 Å². The van der Waals surface area contributed by atoms with Gasteiger partial charge in [-0.1, -0.05) is 130 Å². The summed E-state index contributed by atoms with van der Waals surface area (Å²) in [5.74, 6) is 0.647. The Morgan fingerprint density at radius 1 is 0.549 bits per heavy atom. The van der Waals surface area contributed by atoms with E-state index in [1.807, 2.05) is 6.07 Å². The Balaban J connectivity index is 1.23. The fourth-order valence-electron chi connectivity index (χ4n) is 9.24. The zero-order chi connectivity index (χ0) is 34.1. The molecule has 0 amide bonds. The molecule has 0 unspecified atom stereocenters. The summed E-state index contributed by atoms with van der Waals surface area (Å²) in [6.45, 7) is 4.84. The molecule has 1 aromatic heterocycles. The van der Waals surface area contributed by atoms with Crippen LogP contribution in [0.4, 0.5) is 17.1 Å². The van der Waals surface area contributed by atoms with E-state index in [-0.39, 0.29) is 5.41 Å². The Labute approximate surface area is 300 Å². The quantitative estimate of drug-likeness (QED) is 0.183. The van der Waals surface area contributed by atoms with Crippen molar-refractivity contribution in [2.75, 3.05) is 4.90 Å². The number of fused-ring (bicyclic) bond motifs is 7. The maximum absolute atomic E-state index is 6.32. The maximum atomic E-state index is 6.32. The Morgan fingerprint density at radius 3 is 2.10 bits per heavy atom. The molecule has 248 valence electrons. The number of hydrogen-bond donors (Lipinski definition) is 0. The van der Waals surface area contributed by atoms with Gasteiger partial charge in [-0.3, -0.25) is 0 Å². The first-order valence-electron chi connectivity index (χ1n) is 18.6. The molecule has 0 radical (unpaired) electrons. The molecule has 0 aliphatic heterocycles. The second kappa shape index (κ2) is 11.7. The second-order valence-electron chi connectivity index (χ2n) is 15.2. The van der Waals surface area contributed by atoms with Crippen molar-refractivity contribution >= 4 is 49.8 Å². The molecule has 0 bridgehead atoms. The summed E-state index contributed by atoms with van der Waals surface area (Å²) in [5.41, 5.74) is 14.8. The van der Waals surface area contributed by atoms with Gasteiger partial charge >= 0.3 is 0 Å². The molecule has 1 fully saturated rings. The van der Waals surface area contributed by atoms with Crippen LogP contribution in [-0.4, -0.2) is 0 Å². The minimum Gasteiger partial charge on any atom is -0.456 e. The van der Waals surface area contributed by atoms with Crippen molar-refractivity contribution in [2.45, 2.75) is 57.3 Å². The molecule has 1 saturated carbocycles. The molecule has 2 nitrogen and oxygen atoms in total. The van der Waals surface area contributed by atoms with Crippen LogP contribution in [0, 0.1) is 0 Å². The van der Waals surface area contributed by atoms with E-state index in [2.05, 4.69) is 158 Å². The first-order chi connectivity index (χ1) is 25.0. The molecular formula is C49H41NO. The lowest BCUT2D eigenvalue weighted by molar-refractivity contribution is 0.444. The van der Waals surface area contributed by atoms with Crippen LogP contribution in [0.1, 0.15) is 68.6 Å². The van der Waals surface area contributed by atoms with Gasteiger partial charge in [0, 0.05) is 33.1 Å². The average molecular weight is 660 g/mol. The summed E-state index contributed by atoms with van der Waals surface area (Å²) in [4.78, 5) is 2.48. The summed E-state index contributed by atoms with van der Waals surface area (Å²) in [6, 6.07) is 53.8. The van der Waals surface area contributed by atoms with Gasteiger partial charge in [0.25, 0.3) is 0 Å². The predicted molar refractivity (Wildman–Crippen MR) is 215 cm³/mol. The second-order valence-corrected chi connectivity index (χ2v) is 15.2. The van der Waals surface area contributed by atoms with Gasteiger partial charge in [-0.2, -0.15) is 0 Å². The van der Waals surface area contributed by atoms with E-state index in [0.29, 0.717) is 5.92 Å². The highest BCUT2D eigenvalue weighted by molar-refractivity contribution is 6.07. The Hall–Kier alpha value is -5.60. The number of anilines is 3. The fraction of sp³-hybridized carbons (Fsp3) is 0.184. The predicted octanol–water partition coefficient (Wildman–Crippen LogP) is 14.2. The van der Waals surface area contributed by atoms with E-state index < -0.39 is 0 Å². The Kier molecular flexibility index (Phi) is 6.96. The van der Waals surface area contributed by atoms with E-state index >= 15 is 0 Å². The lowest BCUT2D eigenvalue weighted by atomic mass is 9.78. The molecule has 10 rings (SSSR count). The first-order valence-corrected chi connectivity index (χ1v) is 18.6. The van der Waals surface area contributed by atoms with Crippen molar-refractivity contribution in [2.24, 2.45) is 0 Å². The summed E-state index contributed by atoms with van der Waals surface area (Å²) in [5, 5.41) is 4.72. The highest BCUT2D eigenvalue weighted by Crippen LogP contribution is 2.54. The molecule has 51 heavy (non-hydrogen) atoms. The smallest absolute Gasteiger partial charge is 0.135 e. The van der Waals surface area contributed by atoms with E-state index in [1.54, 1.807) is 5.56 Å². The number of nitrogens with zero attached hydrogens (tertiary/aromatic N) is 1. The van der Waals surface area contributed by atoms with E-state index in [0.717, 1.165) is 39.0 Å². The monoisotopic (exact) mass is 659 g/mol. The molecule has 0 spiro atoms. The number of furan rings is 1. The number of hydrogen-bond acceptors (Lipinski definition) is 2. The normalized spacial score (nSPS) is 15.3. The van der Waals surface area contributed by atoms with Crippen molar-refractivity contribution < 1.29 is 4.42 Å². The van der Waals surface area contributed by atoms with E-state index in [1.165, 1.54) is 76.3 Å². The highest BCUT2D eigenvalue weighted by Gasteiger charge is 2.38. The van der Waals surface area contributed by atoms with E-state index in [9.17, 15) is 0 Å². The number of rotatable bonds is 5. The van der Waals surface area contributed by atoms with Crippen LogP contribution in [0.15, 0.2) is 150 Å². The third-order valence-corrected chi connectivity index (χ3v) is 11.8. The van der Waals surface area contributed by atoms with Gasteiger partial charge in [-0.25, -0.2) is 0 Å². The topological polar surface area (TPSA) is 16.4 Å². The fourth-order valence-corrected chi connectivity index (χ4v) is 9.24. The number of para-hydroxylation sites is 1. The molecule has 0 saturated heterocycles. The molecule has 1 heterocycles. The van der Waals surface area contributed by atoms with Crippen LogP contribution in [-0.2, 0) is 5.41 Å². The standard InChI is InChI=1S/C49H41NO/c1-49(2)43-22-13-21-38(32-14-5-3-6-15-32)48(43)40-26-24-37(31-44(40)49)50(36-25-27-47-42(30-36)39-20-11-12-23-46(39)51-47)45-29-35-19-10-9-18-34(35)28-41(45)33-16-7-4-8-17-33/h4,7-13,16-32H,3,5-6,14-15H2,1-2H3. The zero-order valence-electron chi connectivity index (χ0n) is 29.3. The van der Waals surface area contributed by atoms with Crippen LogP contribution in [0.3, 0.4) is 0 Å². The third-order valence-electron chi connectivity index (χ3n) is 11.8. The first kappa shape index (κ1) is 30.2. The summed E-state index contributed by atoms with van der Waals surface area (Å²) in [6.07, 6.45) is 6.64. The summed E-state index contributed by atoms with van der Waals surface area (Å²) in [7, 11) is 0. The molecule has 0 atom stereocenters. The molecule has 7 aromatic carbocycles. The lowest BCUT2D eigenvalue weighted by Crippen LogP contribution is -2.17. The highest BCUT2D eigenvalue weighted by atomic mass is 16.3. The van der Waals surface area contributed by atoms with Gasteiger partial charge in [0.2, 0.25) is 0 Å². The van der Waals surface area contributed by atoms with Crippen molar-refractivity contribution in [1.82, 2.24) is 0 Å². The van der Waals surface area contributed by atoms with Crippen molar-refractivity contribution in [1.29, 1.82) is 0 Å². The van der Waals surface area contributed by atoms with Crippen LogP contribution in [0.2, 0.25) is 0 Å². The average Bonchev–Trinajstić information content (AvgIpc) is 3.67. The zero-order valence-corrected chi connectivity index (χ0v) is 29.3. The molecule has 8 aromatic rings. The lowest BCUT2D eigenvalue weighted by Gasteiger charge is -2.30. The molecule has 2 aliphatic rings. The minimum absolute atomic E-state index is 0.118. The van der Waals surface area contributed by atoms with Crippen LogP contribution >= 0.6 is 0 Å². The molecule has 2 aliphatic carbocycles. The van der Waals surface area contributed by atoms with Crippen LogP contribution in [0.25, 0.3) is 55.0 Å². The minimum atomic E-state index is -0.118. The van der Waals surface area contributed by atoms with Crippen molar-refractivity contribution in [3.63, 3.8) is 0 Å². The SMILES string of the molecule is CC1(C)c2cc(N(c3ccc4oc5ccccc5c4c3)c3cc4ccccc4cc3-c3ccccc3)ccc2-c2c(C3CCCCC3)cccc21. The van der Waals surface area contributed by atoms with Crippen LogP contribution in [0.5, 0.6) is 0 Å². The van der Waals surface area contributed by atoms with Gasteiger partial charge in [0.05, 0.1) is 5.69 Å². The Morgan fingerprint density at radius 2 is 1.25 bits per heavy atom. The van der Waals surface area contributed by atoms with Gasteiger partial charge in [0.1, 0.15) is 11.2 Å². The van der Waals surface area contributed by atoms with Crippen molar-refractivity contribution in [3.8, 4) is 22.3 Å². The largest absolute Gasteiger partial charge is 0.456 e. The molecule has 2 heteroatoms. The molecular weight excluding hydrogens is 619 g/mol. The molecule has 0 N–H and O–H groups in total. The van der Waals surface area contributed by atoms with Gasteiger partial charge in [-0.05, 0) is 111 Å². The maximum Gasteiger partial charge on any atom is 0.135 e. The van der Waals surface area contributed by atoms with Crippen molar-refractivity contribution in [3.05, 3.63) is 162 Å². The van der Waals surface area contributed by atoms with Crippen LogP contribution < -0.4 is 4.90 Å². The van der Waals surface area contributed by atoms with Gasteiger partial charge in [-0.15, -0.1) is 0 Å². The summed E-state index contributed by atoms with van der Waals surface area (Å²) < 4.78 is 6.32. The van der Waals surface area contributed by atoms with E-state index in [4.69, 9.17) is 4.42 Å². The number of benzene rings is 7. The summed E-state index contributed by atoms with van der Waals surface area (Å²) >= 11 is 0. The third kappa shape index (κ3) is 4.84. The Bertz CT molecular complexity index is 2600. The van der Waals surface area contributed by atoms with Gasteiger partial charge in [0.15, 0.2) is 0 Å².